The van der Waals surface area contributed by atoms with Crippen LogP contribution in [0, 0.1) is 5.92 Å². The quantitative estimate of drug-likeness (QED) is 0.799. The molecule has 2 bridgehead atoms. The SMILES string of the molecule is CCCc1ccc([C@H]2C[C@@H]3CC[C@H]([C@H]2C(=O)OC)N3C)cc1. The van der Waals surface area contributed by atoms with Crippen molar-refractivity contribution in [3.8, 4) is 0 Å². The fraction of sp³-hybridized carbons (Fsp3) is 0.632. The van der Waals surface area contributed by atoms with Crippen molar-refractivity contribution in [3.63, 3.8) is 0 Å². The van der Waals surface area contributed by atoms with Gasteiger partial charge in [-0.05, 0) is 43.9 Å². The summed E-state index contributed by atoms with van der Waals surface area (Å²) < 4.78 is 5.14. The van der Waals surface area contributed by atoms with E-state index in [0.29, 0.717) is 18.0 Å². The van der Waals surface area contributed by atoms with E-state index in [1.807, 2.05) is 0 Å². The molecule has 0 amide bonds. The van der Waals surface area contributed by atoms with E-state index in [0.717, 1.165) is 19.3 Å². The van der Waals surface area contributed by atoms with Crippen molar-refractivity contribution < 1.29 is 9.53 Å². The highest BCUT2D eigenvalue weighted by molar-refractivity contribution is 5.75. The number of rotatable bonds is 4. The molecule has 0 radical (unpaired) electrons. The molecule has 0 spiro atoms. The Kier molecular flexibility index (Phi) is 4.53. The van der Waals surface area contributed by atoms with Gasteiger partial charge in [-0.2, -0.15) is 0 Å². The maximum Gasteiger partial charge on any atom is 0.310 e. The fourth-order valence-electron chi connectivity index (χ4n) is 4.49. The summed E-state index contributed by atoms with van der Waals surface area (Å²) in [5.41, 5.74) is 2.69. The van der Waals surface area contributed by atoms with Gasteiger partial charge in [0, 0.05) is 18.0 Å². The molecule has 4 atom stereocenters. The third kappa shape index (κ3) is 2.67. The molecule has 0 unspecified atom stereocenters. The first-order chi connectivity index (χ1) is 10.7. The van der Waals surface area contributed by atoms with Crippen LogP contribution >= 0.6 is 0 Å². The zero-order chi connectivity index (χ0) is 15.7. The molecule has 1 aromatic rings. The van der Waals surface area contributed by atoms with E-state index >= 15 is 0 Å². The van der Waals surface area contributed by atoms with Gasteiger partial charge in [-0.15, -0.1) is 0 Å². The van der Waals surface area contributed by atoms with Gasteiger partial charge in [-0.1, -0.05) is 37.6 Å². The average Bonchev–Trinajstić information content (AvgIpc) is 2.77. The summed E-state index contributed by atoms with van der Waals surface area (Å²) in [5.74, 6) is 0.238. The van der Waals surface area contributed by atoms with Gasteiger partial charge in [0.15, 0.2) is 0 Å². The van der Waals surface area contributed by atoms with Gasteiger partial charge in [0.25, 0.3) is 0 Å². The first-order valence-corrected chi connectivity index (χ1v) is 8.54. The van der Waals surface area contributed by atoms with Crippen molar-refractivity contribution in [3.05, 3.63) is 35.4 Å². The highest BCUT2D eigenvalue weighted by Gasteiger charge is 2.49. The number of carbonyl (C=O) groups is 1. The average molecular weight is 301 g/mol. The first kappa shape index (κ1) is 15.5. The molecule has 1 aromatic carbocycles. The highest BCUT2D eigenvalue weighted by atomic mass is 16.5. The van der Waals surface area contributed by atoms with E-state index in [1.54, 1.807) is 0 Å². The monoisotopic (exact) mass is 301 g/mol. The normalized spacial score (nSPS) is 31.2. The Labute approximate surface area is 133 Å². The summed E-state index contributed by atoms with van der Waals surface area (Å²) >= 11 is 0. The second-order valence-corrected chi connectivity index (χ2v) is 6.85. The predicted molar refractivity (Wildman–Crippen MR) is 87.9 cm³/mol. The van der Waals surface area contributed by atoms with Crippen LogP contribution in [0.5, 0.6) is 0 Å². The van der Waals surface area contributed by atoms with Crippen LogP contribution in [-0.4, -0.2) is 37.1 Å². The number of benzene rings is 1. The smallest absolute Gasteiger partial charge is 0.310 e. The number of carbonyl (C=O) groups excluding carboxylic acids is 1. The lowest BCUT2D eigenvalue weighted by Gasteiger charge is -2.41. The number of aryl methyl sites for hydroxylation is 1. The van der Waals surface area contributed by atoms with Crippen molar-refractivity contribution in [1.29, 1.82) is 0 Å². The Morgan fingerprint density at radius 3 is 2.64 bits per heavy atom. The van der Waals surface area contributed by atoms with E-state index < -0.39 is 0 Å². The molecular formula is C19H27NO2. The minimum Gasteiger partial charge on any atom is -0.469 e. The van der Waals surface area contributed by atoms with Crippen LogP contribution in [-0.2, 0) is 16.0 Å². The topological polar surface area (TPSA) is 29.5 Å². The Bertz CT molecular complexity index is 525. The zero-order valence-corrected chi connectivity index (χ0v) is 13.9. The Balaban J connectivity index is 1.88. The number of hydrogen-bond acceptors (Lipinski definition) is 3. The van der Waals surface area contributed by atoms with Gasteiger partial charge in [0.2, 0.25) is 0 Å². The van der Waals surface area contributed by atoms with Crippen molar-refractivity contribution in [2.75, 3.05) is 14.2 Å². The zero-order valence-electron chi connectivity index (χ0n) is 13.9. The van der Waals surface area contributed by atoms with E-state index in [1.165, 1.54) is 31.1 Å². The number of piperidine rings is 1. The van der Waals surface area contributed by atoms with E-state index in [9.17, 15) is 4.79 Å². The summed E-state index contributed by atoms with van der Waals surface area (Å²) in [5, 5.41) is 0. The van der Waals surface area contributed by atoms with E-state index in [-0.39, 0.29) is 11.9 Å². The van der Waals surface area contributed by atoms with Gasteiger partial charge in [-0.3, -0.25) is 9.69 Å². The van der Waals surface area contributed by atoms with Crippen LogP contribution in [0.1, 0.15) is 49.7 Å². The molecule has 0 aromatic heterocycles. The van der Waals surface area contributed by atoms with Crippen molar-refractivity contribution in [2.45, 2.75) is 57.0 Å². The maximum absolute atomic E-state index is 12.4. The molecule has 3 heteroatoms. The van der Waals surface area contributed by atoms with Crippen molar-refractivity contribution in [1.82, 2.24) is 4.90 Å². The van der Waals surface area contributed by atoms with Gasteiger partial charge in [0.1, 0.15) is 0 Å². The summed E-state index contributed by atoms with van der Waals surface area (Å²) in [6, 6.07) is 9.88. The lowest BCUT2D eigenvalue weighted by Crippen LogP contribution is -2.49. The van der Waals surface area contributed by atoms with Crippen LogP contribution in [0.4, 0.5) is 0 Å². The molecule has 0 aliphatic carbocycles. The fourth-order valence-corrected chi connectivity index (χ4v) is 4.49. The third-order valence-corrected chi connectivity index (χ3v) is 5.69. The Morgan fingerprint density at radius 2 is 2.00 bits per heavy atom. The van der Waals surface area contributed by atoms with Gasteiger partial charge in [-0.25, -0.2) is 0 Å². The van der Waals surface area contributed by atoms with Crippen LogP contribution in [0.25, 0.3) is 0 Å². The lowest BCUT2D eigenvalue weighted by molar-refractivity contribution is -0.150. The molecule has 2 aliphatic rings. The Hall–Kier alpha value is -1.35. The number of fused-ring (bicyclic) bond motifs is 2. The predicted octanol–water partition coefficient (Wildman–Crippen LogP) is 3.38. The number of hydrogen-bond donors (Lipinski definition) is 0. The minimum atomic E-state index is -0.0418. The number of esters is 1. The molecular weight excluding hydrogens is 274 g/mol. The van der Waals surface area contributed by atoms with Crippen molar-refractivity contribution >= 4 is 5.97 Å². The number of methoxy groups -OCH3 is 1. The molecule has 0 saturated carbocycles. The second-order valence-electron chi connectivity index (χ2n) is 6.85. The largest absolute Gasteiger partial charge is 0.469 e. The Morgan fingerprint density at radius 1 is 1.27 bits per heavy atom. The highest BCUT2D eigenvalue weighted by Crippen LogP contribution is 2.46. The molecule has 3 nitrogen and oxygen atoms in total. The molecule has 0 N–H and O–H groups in total. The van der Waals surface area contributed by atoms with Gasteiger partial charge < -0.3 is 4.74 Å². The molecule has 2 heterocycles. The standard InChI is InChI=1S/C19H27NO2/c1-4-5-13-6-8-14(9-7-13)16-12-15-10-11-17(20(15)2)18(16)19(21)22-3/h6-9,15-18H,4-5,10-12H2,1-3H3/t15-,16+,17+,18-/m0/s1. The first-order valence-electron chi connectivity index (χ1n) is 8.54. The minimum absolute atomic E-state index is 0.0224. The molecule has 22 heavy (non-hydrogen) atoms. The summed E-state index contributed by atoms with van der Waals surface area (Å²) in [6.45, 7) is 2.20. The van der Waals surface area contributed by atoms with E-state index in [4.69, 9.17) is 4.74 Å². The van der Waals surface area contributed by atoms with Crippen molar-refractivity contribution in [2.24, 2.45) is 5.92 Å². The summed E-state index contributed by atoms with van der Waals surface area (Å²) in [7, 11) is 3.68. The van der Waals surface area contributed by atoms with Gasteiger partial charge >= 0.3 is 5.97 Å². The molecule has 3 rings (SSSR count). The number of nitrogens with zero attached hydrogens (tertiary/aromatic N) is 1. The maximum atomic E-state index is 12.4. The third-order valence-electron chi connectivity index (χ3n) is 5.69. The van der Waals surface area contributed by atoms with Crippen LogP contribution in [0.3, 0.4) is 0 Å². The van der Waals surface area contributed by atoms with Gasteiger partial charge in [0.05, 0.1) is 13.0 Å². The molecule has 2 saturated heterocycles. The molecule has 120 valence electrons. The summed E-state index contributed by atoms with van der Waals surface area (Å²) in [4.78, 5) is 14.8. The molecule has 2 aliphatic heterocycles. The van der Waals surface area contributed by atoms with E-state index in [2.05, 4.69) is 43.1 Å². The lowest BCUT2D eigenvalue weighted by atomic mass is 9.76. The summed E-state index contributed by atoms with van der Waals surface area (Å²) in [6.07, 6.45) is 5.69. The molecule has 2 fully saturated rings. The van der Waals surface area contributed by atoms with Crippen LogP contribution < -0.4 is 0 Å². The van der Waals surface area contributed by atoms with Crippen LogP contribution in [0.15, 0.2) is 24.3 Å². The second kappa shape index (κ2) is 6.41. The van der Waals surface area contributed by atoms with Crippen LogP contribution in [0.2, 0.25) is 0 Å². The number of ether oxygens (including phenoxy) is 1.